The van der Waals surface area contributed by atoms with Gasteiger partial charge in [0.05, 0.1) is 4.90 Å². The summed E-state index contributed by atoms with van der Waals surface area (Å²) in [6.45, 7) is 3.18. The topological polar surface area (TPSA) is 121 Å². The minimum absolute atomic E-state index is 0.0241. The van der Waals surface area contributed by atoms with Crippen LogP contribution in [0, 0.1) is 17.6 Å². The average Bonchev–Trinajstić information content (AvgIpc) is 2.69. The molecule has 0 aliphatic carbocycles. The molecular formula is C20H21F2N3O5S. The van der Waals surface area contributed by atoms with Gasteiger partial charge in [-0.05, 0) is 42.3 Å². The Balaban J connectivity index is 2.05. The number of rotatable bonds is 6. The third-order valence-corrected chi connectivity index (χ3v) is 5.40. The molecule has 0 bridgehead atoms. The maximum Gasteiger partial charge on any atom is 0.269 e. The van der Waals surface area contributed by atoms with Crippen LogP contribution in [-0.4, -0.2) is 38.4 Å². The monoisotopic (exact) mass is 453 g/mol. The quantitative estimate of drug-likeness (QED) is 0.574. The first kappa shape index (κ1) is 23.9. The van der Waals surface area contributed by atoms with Crippen molar-refractivity contribution in [2.45, 2.75) is 24.8 Å². The van der Waals surface area contributed by atoms with E-state index in [0.29, 0.717) is 0 Å². The number of sulfone groups is 1. The molecular weight excluding hydrogens is 432 g/mol. The van der Waals surface area contributed by atoms with Crippen LogP contribution in [0.15, 0.2) is 47.4 Å². The lowest BCUT2D eigenvalue weighted by atomic mass is 10.0. The molecule has 0 radical (unpaired) electrons. The molecule has 2 aromatic carbocycles. The fourth-order valence-corrected chi connectivity index (χ4v) is 3.22. The summed E-state index contributed by atoms with van der Waals surface area (Å²) < 4.78 is 50.5. The van der Waals surface area contributed by atoms with Gasteiger partial charge >= 0.3 is 0 Å². The second-order valence-electron chi connectivity index (χ2n) is 7.03. The lowest BCUT2D eigenvalue weighted by molar-refractivity contribution is -0.124. The van der Waals surface area contributed by atoms with Crippen LogP contribution < -0.4 is 16.2 Å². The highest BCUT2D eigenvalue weighted by Gasteiger charge is 2.27. The third kappa shape index (κ3) is 6.07. The second kappa shape index (κ2) is 9.65. The number of carbonyl (C=O) groups excluding carboxylic acids is 3. The molecule has 0 saturated carbocycles. The Hall–Kier alpha value is -3.34. The molecule has 0 aliphatic rings. The van der Waals surface area contributed by atoms with E-state index in [2.05, 4.69) is 16.2 Å². The molecule has 0 saturated heterocycles. The molecule has 2 rings (SSSR count). The summed E-state index contributed by atoms with van der Waals surface area (Å²) in [5.41, 5.74) is 3.53. The van der Waals surface area contributed by atoms with Crippen LogP contribution in [0.25, 0.3) is 0 Å². The molecule has 0 aliphatic heterocycles. The first-order valence-corrected chi connectivity index (χ1v) is 11.0. The molecule has 3 N–H and O–H groups in total. The Bertz CT molecular complexity index is 1080. The molecule has 2 aromatic rings. The highest BCUT2D eigenvalue weighted by Crippen LogP contribution is 2.13. The van der Waals surface area contributed by atoms with Crippen LogP contribution in [0.1, 0.15) is 34.6 Å². The summed E-state index contributed by atoms with van der Waals surface area (Å²) in [4.78, 5) is 36.9. The van der Waals surface area contributed by atoms with Crippen molar-refractivity contribution in [3.8, 4) is 0 Å². The van der Waals surface area contributed by atoms with Gasteiger partial charge in [0.1, 0.15) is 23.2 Å². The Morgan fingerprint density at radius 1 is 0.871 bits per heavy atom. The molecule has 3 amide bonds. The molecule has 0 heterocycles. The first-order valence-electron chi connectivity index (χ1n) is 9.07. The molecule has 0 unspecified atom stereocenters. The Morgan fingerprint density at radius 3 is 1.90 bits per heavy atom. The summed E-state index contributed by atoms with van der Waals surface area (Å²) in [5.74, 6) is -5.31. The molecule has 0 aromatic heterocycles. The van der Waals surface area contributed by atoms with E-state index < -0.39 is 56.7 Å². The Kier molecular flexibility index (Phi) is 7.45. The predicted molar refractivity (Wildman–Crippen MR) is 108 cm³/mol. The van der Waals surface area contributed by atoms with Gasteiger partial charge in [0.2, 0.25) is 0 Å². The van der Waals surface area contributed by atoms with Gasteiger partial charge in [-0.3, -0.25) is 25.2 Å². The zero-order chi connectivity index (χ0) is 23.3. The van der Waals surface area contributed by atoms with Crippen molar-refractivity contribution in [3.63, 3.8) is 0 Å². The van der Waals surface area contributed by atoms with Crippen molar-refractivity contribution in [1.29, 1.82) is 0 Å². The zero-order valence-corrected chi connectivity index (χ0v) is 17.7. The number of benzene rings is 2. The summed E-state index contributed by atoms with van der Waals surface area (Å²) in [6, 6.07) is 6.74. The van der Waals surface area contributed by atoms with E-state index >= 15 is 0 Å². The fourth-order valence-electron chi connectivity index (χ4n) is 2.58. The van der Waals surface area contributed by atoms with Gasteiger partial charge in [-0.1, -0.05) is 19.9 Å². The normalized spacial score (nSPS) is 12.2. The van der Waals surface area contributed by atoms with E-state index in [-0.39, 0.29) is 10.5 Å². The average molecular weight is 453 g/mol. The number of hydrogen-bond donors (Lipinski definition) is 3. The number of hydrazine groups is 1. The van der Waals surface area contributed by atoms with Crippen LogP contribution in [0.4, 0.5) is 8.78 Å². The van der Waals surface area contributed by atoms with Crippen molar-refractivity contribution in [2.24, 2.45) is 5.92 Å². The van der Waals surface area contributed by atoms with Crippen molar-refractivity contribution in [3.05, 3.63) is 65.2 Å². The highest BCUT2D eigenvalue weighted by molar-refractivity contribution is 7.90. The van der Waals surface area contributed by atoms with Gasteiger partial charge in [-0.2, -0.15) is 0 Å². The molecule has 0 spiro atoms. The summed E-state index contributed by atoms with van der Waals surface area (Å²) in [7, 11) is -3.43. The Morgan fingerprint density at radius 2 is 1.42 bits per heavy atom. The molecule has 31 heavy (non-hydrogen) atoms. The fraction of sp³-hybridized carbons (Fsp3) is 0.250. The molecule has 166 valence electrons. The summed E-state index contributed by atoms with van der Waals surface area (Å²) in [5, 5.41) is 2.25. The minimum Gasteiger partial charge on any atom is -0.340 e. The van der Waals surface area contributed by atoms with Crippen molar-refractivity contribution in [1.82, 2.24) is 16.2 Å². The SMILES string of the molecule is CC(C)[C@H](NC(=O)c1c(F)cccc1F)C(=O)NNC(=O)c1ccc(S(C)(=O)=O)cc1. The molecule has 11 heteroatoms. The van der Waals surface area contributed by atoms with Gasteiger partial charge in [0.15, 0.2) is 9.84 Å². The summed E-state index contributed by atoms with van der Waals surface area (Å²) >= 11 is 0. The van der Waals surface area contributed by atoms with Gasteiger partial charge in [-0.25, -0.2) is 17.2 Å². The molecule has 1 atom stereocenters. The lowest BCUT2D eigenvalue weighted by Gasteiger charge is -2.22. The van der Waals surface area contributed by atoms with Crippen LogP contribution in [0.3, 0.4) is 0 Å². The standard InChI is InChI=1S/C20H21F2N3O5S/c1-11(2)17(23-19(27)16-14(21)5-4-6-15(16)22)20(28)25-24-18(26)12-7-9-13(10-8-12)31(3,29)30/h4-11,17H,1-3H3,(H,23,27)(H,24,26)(H,25,28)/t17-/m0/s1. The van der Waals surface area contributed by atoms with Crippen molar-refractivity contribution in [2.75, 3.05) is 6.26 Å². The number of hydrogen-bond acceptors (Lipinski definition) is 5. The Labute approximate surface area is 177 Å². The van der Waals surface area contributed by atoms with E-state index in [0.717, 1.165) is 24.5 Å². The maximum atomic E-state index is 13.8. The second-order valence-corrected chi connectivity index (χ2v) is 9.05. The summed E-state index contributed by atoms with van der Waals surface area (Å²) in [6.07, 6.45) is 1.02. The smallest absolute Gasteiger partial charge is 0.269 e. The zero-order valence-electron chi connectivity index (χ0n) is 16.9. The molecule has 8 nitrogen and oxygen atoms in total. The largest absolute Gasteiger partial charge is 0.340 e. The van der Waals surface area contributed by atoms with Gasteiger partial charge in [0.25, 0.3) is 17.7 Å². The lowest BCUT2D eigenvalue weighted by Crippen LogP contribution is -2.54. The van der Waals surface area contributed by atoms with E-state index in [1.165, 1.54) is 24.3 Å². The molecule has 0 fully saturated rings. The van der Waals surface area contributed by atoms with Crippen LogP contribution in [-0.2, 0) is 14.6 Å². The highest BCUT2D eigenvalue weighted by atomic mass is 32.2. The van der Waals surface area contributed by atoms with Gasteiger partial charge in [-0.15, -0.1) is 0 Å². The minimum atomic E-state index is -3.43. The van der Waals surface area contributed by atoms with E-state index in [4.69, 9.17) is 0 Å². The van der Waals surface area contributed by atoms with Crippen molar-refractivity contribution < 1.29 is 31.6 Å². The number of halogens is 2. The van der Waals surface area contributed by atoms with Crippen LogP contribution in [0.5, 0.6) is 0 Å². The van der Waals surface area contributed by atoms with E-state index in [1.54, 1.807) is 13.8 Å². The number of carbonyl (C=O) groups is 3. The van der Waals surface area contributed by atoms with E-state index in [9.17, 15) is 31.6 Å². The van der Waals surface area contributed by atoms with Crippen molar-refractivity contribution >= 4 is 27.6 Å². The van der Waals surface area contributed by atoms with Crippen LogP contribution >= 0.6 is 0 Å². The van der Waals surface area contributed by atoms with Gasteiger partial charge in [0, 0.05) is 11.8 Å². The number of nitrogens with one attached hydrogen (secondary N) is 3. The van der Waals surface area contributed by atoms with Crippen LogP contribution in [0.2, 0.25) is 0 Å². The maximum absolute atomic E-state index is 13.8. The van der Waals surface area contributed by atoms with E-state index in [1.807, 2.05) is 0 Å². The van der Waals surface area contributed by atoms with Gasteiger partial charge < -0.3 is 5.32 Å². The predicted octanol–water partition coefficient (Wildman–Crippen LogP) is 1.58. The number of amides is 3. The first-order chi connectivity index (χ1) is 14.4. The third-order valence-electron chi connectivity index (χ3n) is 4.27.